The Kier molecular flexibility index (Phi) is 5.01. The highest BCUT2D eigenvalue weighted by Crippen LogP contribution is 2.21. The highest BCUT2D eigenvalue weighted by molar-refractivity contribution is 5.42. The predicted octanol–water partition coefficient (Wildman–Crippen LogP) is 2.96. The average Bonchev–Trinajstić information content (AvgIpc) is 2.93. The minimum Gasteiger partial charge on any atom is -0.393 e. The molecular weight excluding hydrogens is 300 g/mol. The van der Waals surface area contributed by atoms with Crippen LogP contribution in [0.3, 0.4) is 0 Å². The summed E-state index contributed by atoms with van der Waals surface area (Å²) < 4.78 is 2.01. The summed E-state index contributed by atoms with van der Waals surface area (Å²) >= 11 is 0. The van der Waals surface area contributed by atoms with Gasteiger partial charge in [-0.3, -0.25) is 4.90 Å². The number of piperidine rings is 1. The van der Waals surface area contributed by atoms with E-state index in [1.54, 1.807) is 0 Å². The summed E-state index contributed by atoms with van der Waals surface area (Å²) in [5, 5.41) is 14.5. The molecule has 130 valence electrons. The van der Waals surface area contributed by atoms with Crippen LogP contribution in [-0.2, 0) is 6.54 Å². The summed E-state index contributed by atoms with van der Waals surface area (Å²) in [7, 11) is 0. The second-order valence-electron chi connectivity index (χ2n) is 7.25. The van der Waals surface area contributed by atoms with E-state index < -0.39 is 0 Å². The fraction of sp³-hybridized carbons (Fsp3) is 0.579. The fourth-order valence-corrected chi connectivity index (χ4v) is 3.22. The van der Waals surface area contributed by atoms with Crippen LogP contribution in [0.25, 0.3) is 5.69 Å². The van der Waals surface area contributed by atoms with Crippen LogP contribution < -0.4 is 0 Å². The second kappa shape index (κ2) is 7.03. The largest absolute Gasteiger partial charge is 0.393 e. The minimum atomic E-state index is -0.148. The molecule has 0 radical (unpaired) electrons. The zero-order valence-corrected chi connectivity index (χ0v) is 15.2. The van der Waals surface area contributed by atoms with Gasteiger partial charge < -0.3 is 5.11 Å². The molecule has 0 spiro atoms. The van der Waals surface area contributed by atoms with Gasteiger partial charge in [0.25, 0.3) is 0 Å². The zero-order valence-electron chi connectivity index (χ0n) is 15.2. The van der Waals surface area contributed by atoms with Gasteiger partial charge in [0.05, 0.1) is 18.3 Å². The van der Waals surface area contributed by atoms with Crippen LogP contribution in [0, 0.1) is 13.8 Å². The Hall–Kier alpha value is -1.72. The lowest BCUT2D eigenvalue weighted by atomic mass is 10.1. The molecule has 1 N–H and O–H groups in total. The summed E-state index contributed by atoms with van der Waals surface area (Å²) in [5.41, 5.74) is 3.57. The maximum Gasteiger partial charge on any atom is 0.153 e. The molecule has 0 unspecified atom stereocenters. The van der Waals surface area contributed by atoms with E-state index in [0.29, 0.717) is 5.92 Å². The number of aromatic nitrogens is 3. The topological polar surface area (TPSA) is 54.2 Å². The number of aryl methyl sites for hydroxylation is 2. The number of aliphatic hydroxyl groups is 1. The minimum absolute atomic E-state index is 0.148. The molecule has 1 aromatic heterocycles. The van der Waals surface area contributed by atoms with Gasteiger partial charge in [-0.05, 0) is 38.3 Å². The van der Waals surface area contributed by atoms with Gasteiger partial charge >= 0.3 is 0 Å². The Bertz CT molecular complexity index is 699. The van der Waals surface area contributed by atoms with Gasteiger partial charge in [0.15, 0.2) is 5.82 Å². The first kappa shape index (κ1) is 17.1. The van der Waals surface area contributed by atoms with Crippen LogP contribution in [0.2, 0.25) is 0 Å². The summed E-state index contributed by atoms with van der Waals surface area (Å²) in [6.45, 7) is 11.1. The van der Waals surface area contributed by atoms with Crippen molar-refractivity contribution in [3.63, 3.8) is 0 Å². The van der Waals surface area contributed by atoms with Crippen molar-refractivity contribution in [2.45, 2.75) is 59.1 Å². The Balaban J connectivity index is 1.92. The lowest BCUT2D eigenvalue weighted by molar-refractivity contribution is 0.0777. The molecule has 1 fully saturated rings. The lowest BCUT2D eigenvalue weighted by Crippen LogP contribution is -2.36. The molecule has 5 nitrogen and oxygen atoms in total. The number of benzene rings is 1. The van der Waals surface area contributed by atoms with Crippen LogP contribution in [0.5, 0.6) is 0 Å². The molecule has 1 saturated heterocycles. The molecule has 1 aliphatic heterocycles. The molecule has 1 aliphatic rings. The molecule has 0 saturated carbocycles. The molecule has 24 heavy (non-hydrogen) atoms. The third kappa shape index (κ3) is 3.68. The van der Waals surface area contributed by atoms with Crippen LogP contribution in [0.4, 0.5) is 0 Å². The van der Waals surface area contributed by atoms with Crippen molar-refractivity contribution in [2.75, 3.05) is 13.1 Å². The van der Waals surface area contributed by atoms with Crippen molar-refractivity contribution in [3.05, 3.63) is 41.0 Å². The van der Waals surface area contributed by atoms with Crippen molar-refractivity contribution in [1.82, 2.24) is 19.7 Å². The highest BCUT2D eigenvalue weighted by Gasteiger charge is 2.21. The van der Waals surface area contributed by atoms with Gasteiger partial charge in [-0.2, -0.15) is 5.10 Å². The molecular formula is C19H28N4O. The summed E-state index contributed by atoms with van der Waals surface area (Å²) in [5.74, 6) is 2.18. The molecule has 5 heteroatoms. The number of aliphatic hydroxyl groups excluding tert-OH is 1. The van der Waals surface area contributed by atoms with Crippen molar-refractivity contribution < 1.29 is 5.11 Å². The van der Waals surface area contributed by atoms with Crippen LogP contribution in [0.1, 0.15) is 55.4 Å². The zero-order chi connectivity index (χ0) is 17.3. The fourth-order valence-electron chi connectivity index (χ4n) is 3.22. The third-order valence-electron chi connectivity index (χ3n) is 4.71. The quantitative estimate of drug-likeness (QED) is 0.937. The van der Waals surface area contributed by atoms with Crippen LogP contribution in [0.15, 0.2) is 18.2 Å². The molecule has 3 rings (SSSR count). The summed E-state index contributed by atoms with van der Waals surface area (Å²) in [4.78, 5) is 7.17. The third-order valence-corrected chi connectivity index (χ3v) is 4.71. The average molecular weight is 328 g/mol. The first-order valence-corrected chi connectivity index (χ1v) is 8.88. The first-order valence-electron chi connectivity index (χ1n) is 8.88. The van der Waals surface area contributed by atoms with E-state index in [9.17, 15) is 5.11 Å². The maximum atomic E-state index is 9.71. The maximum absolute atomic E-state index is 9.71. The van der Waals surface area contributed by atoms with E-state index in [-0.39, 0.29) is 6.10 Å². The Labute approximate surface area is 144 Å². The number of hydrogen-bond donors (Lipinski definition) is 1. The van der Waals surface area contributed by atoms with E-state index in [2.05, 4.69) is 50.8 Å². The first-order chi connectivity index (χ1) is 11.4. The second-order valence-corrected chi connectivity index (χ2v) is 7.25. The number of nitrogens with zero attached hydrogens (tertiary/aromatic N) is 4. The van der Waals surface area contributed by atoms with Crippen molar-refractivity contribution in [2.24, 2.45) is 0 Å². The Morgan fingerprint density at radius 3 is 2.54 bits per heavy atom. The summed E-state index contributed by atoms with van der Waals surface area (Å²) in [6.07, 6.45) is 1.54. The van der Waals surface area contributed by atoms with Crippen molar-refractivity contribution in [3.8, 4) is 5.69 Å². The van der Waals surface area contributed by atoms with E-state index in [1.165, 1.54) is 11.1 Å². The van der Waals surface area contributed by atoms with Gasteiger partial charge in [-0.25, -0.2) is 9.67 Å². The summed E-state index contributed by atoms with van der Waals surface area (Å²) in [6, 6.07) is 6.44. The van der Waals surface area contributed by atoms with Gasteiger partial charge in [-0.1, -0.05) is 31.5 Å². The number of hydrogen-bond acceptors (Lipinski definition) is 4. The molecule has 2 heterocycles. The standard InChI is InChI=1S/C19H28N4O/c1-13(2)19-20-18(12-22-9-7-16(24)8-10-22)23(21-19)17-6-5-14(3)11-15(17)4/h5-6,11,13,16,24H,7-10,12H2,1-4H3. The molecule has 0 atom stereocenters. The van der Waals surface area contributed by atoms with Crippen molar-refractivity contribution >= 4 is 0 Å². The molecule has 2 aromatic rings. The van der Waals surface area contributed by atoms with Crippen molar-refractivity contribution in [1.29, 1.82) is 0 Å². The van der Waals surface area contributed by atoms with Crippen LogP contribution >= 0.6 is 0 Å². The van der Waals surface area contributed by atoms with E-state index in [4.69, 9.17) is 10.1 Å². The normalized spacial score (nSPS) is 16.9. The predicted molar refractivity (Wildman–Crippen MR) is 95.4 cm³/mol. The van der Waals surface area contributed by atoms with E-state index >= 15 is 0 Å². The molecule has 1 aromatic carbocycles. The number of likely N-dealkylation sites (tertiary alicyclic amines) is 1. The SMILES string of the molecule is Cc1ccc(-n2nc(C(C)C)nc2CN2CCC(O)CC2)c(C)c1. The van der Waals surface area contributed by atoms with Gasteiger partial charge in [0.2, 0.25) is 0 Å². The lowest BCUT2D eigenvalue weighted by Gasteiger charge is -2.29. The number of rotatable bonds is 4. The van der Waals surface area contributed by atoms with Crippen LogP contribution in [-0.4, -0.2) is 44.0 Å². The molecule has 0 bridgehead atoms. The highest BCUT2D eigenvalue weighted by atomic mass is 16.3. The monoisotopic (exact) mass is 328 g/mol. The Morgan fingerprint density at radius 1 is 1.21 bits per heavy atom. The van der Waals surface area contributed by atoms with Gasteiger partial charge in [0, 0.05) is 19.0 Å². The van der Waals surface area contributed by atoms with Gasteiger partial charge in [-0.15, -0.1) is 0 Å². The Morgan fingerprint density at radius 2 is 1.92 bits per heavy atom. The smallest absolute Gasteiger partial charge is 0.153 e. The van der Waals surface area contributed by atoms with E-state index in [1.807, 2.05) is 4.68 Å². The molecule has 0 aliphatic carbocycles. The van der Waals surface area contributed by atoms with E-state index in [0.717, 1.165) is 49.8 Å². The van der Waals surface area contributed by atoms with Gasteiger partial charge in [0.1, 0.15) is 5.82 Å². The molecule has 0 amide bonds.